The highest BCUT2D eigenvalue weighted by Crippen LogP contribution is 2.39. The number of hydrogen-bond donors (Lipinski definition) is 1. The smallest absolute Gasteiger partial charge is 0.254 e. The molecular formula is C16H23NO5. The van der Waals surface area contributed by atoms with Crippen molar-refractivity contribution >= 4 is 5.91 Å². The van der Waals surface area contributed by atoms with Crippen molar-refractivity contribution in [2.75, 3.05) is 32.9 Å². The average molecular weight is 309 g/mol. The van der Waals surface area contributed by atoms with Gasteiger partial charge in [-0.3, -0.25) is 4.79 Å². The molecule has 1 aliphatic rings. The first-order chi connectivity index (χ1) is 10.6. The quantitative estimate of drug-likeness (QED) is 0.830. The third kappa shape index (κ3) is 3.44. The number of ether oxygens (including phenoxy) is 3. The number of nitrogens with zero attached hydrogens (tertiary/aromatic N) is 1. The van der Waals surface area contributed by atoms with Crippen molar-refractivity contribution < 1.29 is 24.1 Å². The molecule has 1 amide bonds. The predicted molar refractivity (Wildman–Crippen MR) is 81.9 cm³/mol. The van der Waals surface area contributed by atoms with E-state index in [0.29, 0.717) is 55.7 Å². The lowest BCUT2D eigenvalue weighted by atomic mass is 10.1. The maximum Gasteiger partial charge on any atom is 0.254 e. The van der Waals surface area contributed by atoms with Crippen molar-refractivity contribution in [3.63, 3.8) is 0 Å². The molecule has 1 aliphatic heterocycles. The second-order valence-corrected chi connectivity index (χ2v) is 4.96. The number of rotatable bonds is 7. The molecule has 1 aromatic rings. The van der Waals surface area contributed by atoms with Crippen LogP contribution in [0.1, 0.15) is 31.1 Å². The Kier molecular flexibility index (Phi) is 5.49. The molecule has 122 valence electrons. The lowest BCUT2D eigenvalue weighted by molar-refractivity contribution is 0.00585. The van der Waals surface area contributed by atoms with Gasteiger partial charge in [-0.15, -0.1) is 0 Å². The molecule has 0 aromatic heterocycles. The first-order valence-corrected chi connectivity index (χ1v) is 7.64. The number of carbonyl (C=O) groups is 1. The normalized spacial score (nSPS) is 14.5. The van der Waals surface area contributed by atoms with Crippen LogP contribution in [0.4, 0.5) is 0 Å². The summed E-state index contributed by atoms with van der Waals surface area (Å²) in [6.45, 7) is 7.75. The fourth-order valence-corrected chi connectivity index (χ4v) is 2.32. The first-order valence-electron chi connectivity index (χ1n) is 7.64. The van der Waals surface area contributed by atoms with E-state index in [1.54, 1.807) is 17.0 Å². The summed E-state index contributed by atoms with van der Waals surface area (Å²) in [5, 5.41) is 9.34. The minimum absolute atomic E-state index is 0.143. The van der Waals surface area contributed by atoms with E-state index in [-0.39, 0.29) is 5.91 Å². The molecule has 0 aliphatic carbocycles. The zero-order valence-electron chi connectivity index (χ0n) is 13.3. The molecule has 1 N–H and O–H groups in total. The van der Waals surface area contributed by atoms with Gasteiger partial charge in [0.15, 0.2) is 11.5 Å². The summed E-state index contributed by atoms with van der Waals surface area (Å²) in [6.07, 6.45) is -0.427. The summed E-state index contributed by atoms with van der Waals surface area (Å²) >= 11 is 0. The van der Waals surface area contributed by atoms with Crippen LogP contribution in [0.2, 0.25) is 0 Å². The number of likely N-dealkylation sites (tertiary alicyclic amines) is 1. The Morgan fingerprint density at radius 3 is 2.00 bits per heavy atom. The van der Waals surface area contributed by atoms with Crippen LogP contribution in [0.25, 0.3) is 0 Å². The van der Waals surface area contributed by atoms with Gasteiger partial charge in [0.2, 0.25) is 5.75 Å². The van der Waals surface area contributed by atoms with Gasteiger partial charge in [-0.2, -0.15) is 0 Å². The fraction of sp³-hybridized carbons (Fsp3) is 0.562. The van der Waals surface area contributed by atoms with Gasteiger partial charge in [-0.05, 0) is 32.9 Å². The number of aliphatic hydroxyl groups is 1. The SMILES string of the molecule is CCOc1cc(C(=O)N2CC(O)C2)cc(OCC)c1OCC. The highest BCUT2D eigenvalue weighted by molar-refractivity contribution is 5.96. The summed E-state index contributed by atoms with van der Waals surface area (Å²) in [5.41, 5.74) is 0.474. The van der Waals surface area contributed by atoms with Crippen molar-refractivity contribution in [2.24, 2.45) is 0 Å². The highest BCUT2D eigenvalue weighted by atomic mass is 16.5. The Morgan fingerprint density at radius 2 is 1.59 bits per heavy atom. The van der Waals surface area contributed by atoms with Crippen LogP contribution >= 0.6 is 0 Å². The van der Waals surface area contributed by atoms with E-state index in [1.165, 1.54) is 0 Å². The van der Waals surface area contributed by atoms with Gasteiger partial charge in [0.1, 0.15) is 0 Å². The Labute approximate surface area is 130 Å². The van der Waals surface area contributed by atoms with Crippen molar-refractivity contribution in [3.05, 3.63) is 17.7 Å². The summed E-state index contributed by atoms with van der Waals surface area (Å²) in [7, 11) is 0. The molecule has 1 aromatic carbocycles. The van der Waals surface area contributed by atoms with Gasteiger partial charge in [0.25, 0.3) is 5.91 Å². The van der Waals surface area contributed by atoms with Crippen LogP contribution in [-0.4, -0.2) is 54.9 Å². The summed E-state index contributed by atoms with van der Waals surface area (Å²) < 4.78 is 16.8. The van der Waals surface area contributed by atoms with Gasteiger partial charge in [0.05, 0.1) is 25.9 Å². The number of amides is 1. The van der Waals surface area contributed by atoms with Crippen LogP contribution in [0.15, 0.2) is 12.1 Å². The van der Waals surface area contributed by atoms with Crippen molar-refractivity contribution in [1.29, 1.82) is 0 Å². The number of benzene rings is 1. The van der Waals surface area contributed by atoms with Crippen molar-refractivity contribution in [2.45, 2.75) is 26.9 Å². The molecule has 1 heterocycles. The first kappa shape index (κ1) is 16.4. The molecule has 0 saturated carbocycles. The summed E-state index contributed by atoms with van der Waals surface area (Å²) in [4.78, 5) is 14.0. The topological polar surface area (TPSA) is 68.2 Å². The van der Waals surface area contributed by atoms with Gasteiger partial charge >= 0.3 is 0 Å². The van der Waals surface area contributed by atoms with Crippen molar-refractivity contribution in [1.82, 2.24) is 4.90 Å². The maximum absolute atomic E-state index is 12.4. The van der Waals surface area contributed by atoms with Crippen LogP contribution in [0.5, 0.6) is 17.2 Å². The van der Waals surface area contributed by atoms with E-state index in [0.717, 1.165) is 0 Å². The van der Waals surface area contributed by atoms with Crippen LogP contribution < -0.4 is 14.2 Å². The number of carbonyl (C=O) groups excluding carboxylic acids is 1. The highest BCUT2D eigenvalue weighted by Gasteiger charge is 2.30. The Morgan fingerprint density at radius 1 is 1.09 bits per heavy atom. The van der Waals surface area contributed by atoms with Gasteiger partial charge in [0, 0.05) is 18.7 Å². The molecule has 0 spiro atoms. The minimum atomic E-state index is -0.427. The molecule has 22 heavy (non-hydrogen) atoms. The Bertz CT molecular complexity index is 498. The Hall–Kier alpha value is -1.95. The van der Waals surface area contributed by atoms with Crippen LogP contribution in [-0.2, 0) is 0 Å². The molecule has 2 rings (SSSR count). The summed E-state index contributed by atoms with van der Waals surface area (Å²) in [5.74, 6) is 1.38. The van der Waals surface area contributed by atoms with Crippen LogP contribution in [0.3, 0.4) is 0 Å². The van der Waals surface area contributed by atoms with Gasteiger partial charge < -0.3 is 24.2 Å². The number of β-amino-alcohol motifs (C(OH)–C–C–N with tert-alkyl or cyclic N) is 1. The molecule has 0 bridgehead atoms. The zero-order valence-corrected chi connectivity index (χ0v) is 13.3. The third-order valence-electron chi connectivity index (χ3n) is 3.31. The molecule has 6 heteroatoms. The van der Waals surface area contributed by atoms with Crippen molar-refractivity contribution in [3.8, 4) is 17.2 Å². The molecule has 0 radical (unpaired) electrons. The van der Waals surface area contributed by atoms with E-state index >= 15 is 0 Å². The van der Waals surface area contributed by atoms with E-state index in [4.69, 9.17) is 14.2 Å². The summed E-state index contributed by atoms with van der Waals surface area (Å²) in [6, 6.07) is 3.34. The fourth-order valence-electron chi connectivity index (χ4n) is 2.32. The molecule has 1 fully saturated rings. The zero-order chi connectivity index (χ0) is 16.1. The minimum Gasteiger partial charge on any atom is -0.490 e. The van der Waals surface area contributed by atoms with Gasteiger partial charge in [-0.25, -0.2) is 0 Å². The molecular weight excluding hydrogens is 286 g/mol. The monoisotopic (exact) mass is 309 g/mol. The maximum atomic E-state index is 12.4. The number of aliphatic hydroxyl groups excluding tert-OH is 1. The molecule has 0 unspecified atom stereocenters. The largest absolute Gasteiger partial charge is 0.490 e. The predicted octanol–water partition coefficient (Wildman–Crippen LogP) is 1.70. The van der Waals surface area contributed by atoms with E-state index in [2.05, 4.69) is 0 Å². The van der Waals surface area contributed by atoms with Gasteiger partial charge in [-0.1, -0.05) is 0 Å². The second kappa shape index (κ2) is 7.35. The lowest BCUT2D eigenvalue weighted by Crippen LogP contribution is -2.53. The second-order valence-electron chi connectivity index (χ2n) is 4.96. The number of hydrogen-bond acceptors (Lipinski definition) is 5. The molecule has 0 atom stereocenters. The standard InChI is InChI=1S/C16H23NO5/c1-4-20-13-7-11(16(19)17-9-12(18)10-17)8-14(21-5-2)15(13)22-6-3/h7-8,12,18H,4-6,9-10H2,1-3H3. The average Bonchev–Trinajstić information content (AvgIpc) is 2.47. The lowest BCUT2D eigenvalue weighted by Gasteiger charge is -2.36. The van der Waals surface area contributed by atoms with E-state index in [1.807, 2.05) is 20.8 Å². The molecule has 6 nitrogen and oxygen atoms in total. The molecule has 1 saturated heterocycles. The Balaban J connectivity index is 2.35. The third-order valence-corrected chi connectivity index (χ3v) is 3.31. The van der Waals surface area contributed by atoms with Crippen LogP contribution in [0, 0.1) is 0 Å². The van der Waals surface area contributed by atoms with E-state index < -0.39 is 6.10 Å². The van der Waals surface area contributed by atoms with E-state index in [9.17, 15) is 9.90 Å².